The minimum atomic E-state index is -0.576. The van der Waals surface area contributed by atoms with Crippen molar-refractivity contribution >= 4 is 40.8 Å². The third-order valence-corrected chi connectivity index (χ3v) is 2.97. The van der Waals surface area contributed by atoms with E-state index < -0.39 is 11.9 Å². The SMILES string of the molecule is O=C(NNC(=O)c1cccc(Cl)c1)Nc1ccc(Cl)cc1. The van der Waals surface area contributed by atoms with Gasteiger partial charge < -0.3 is 5.32 Å². The molecule has 108 valence electrons. The molecule has 0 bridgehead atoms. The summed E-state index contributed by atoms with van der Waals surface area (Å²) in [5.41, 5.74) is 5.40. The Hall–Kier alpha value is -2.24. The zero-order valence-electron chi connectivity index (χ0n) is 10.7. The minimum Gasteiger partial charge on any atom is -0.307 e. The monoisotopic (exact) mass is 323 g/mol. The van der Waals surface area contributed by atoms with Gasteiger partial charge in [-0.1, -0.05) is 29.3 Å². The summed E-state index contributed by atoms with van der Waals surface area (Å²) in [5, 5.41) is 3.54. The molecule has 21 heavy (non-hydrogen) atoms. The Morgan fingerprint density at radius 3 is 2.24 bits per heavy atom. The maximum atomic E-state index is 11.8. The zero-order valence-corrected chi connectivity index (χ0v) is 12.2. The van der Waals surface area contributed by atoms with Crippen LogP contribution in [0.15, 0.2) is 48.5 Å². The first kappa shape index (κ1) is 15.2. The van der Waals surface area contributed by atoms with Crippen LogP contribution in [0.2, 0.25) is 10.0 Å². The van der Waals surface area contributed by atoms with Crippen molar-refractivity contribution in [3.8, 4) is 0 Å². The zero-order chi connectivity index (χ0) is 15.2. The van der Waals surface area contributed by atoms with Gasteiger partial charge in [0.1, 0.15) is 0 Å². The van der Waals surface area contributed by atoms with E-state index in [1.54, 1.807) is 42.5 Å². The number of carbonyl (C=O) groups excluding carboxylic acids is 2. The Kier molecular flexibility index (Phi) is 5.03. The van der Waals surface area contributed by atoms with E-state index in [1.165, 1.54) is 6.07 Å². The molecule has 7 heteroatoms. The number of amides is 3. The third-order valence-electron chi connectivity index (χ3n) is 2.48. The Bertz CT molecular complexity index is 660. The molecule has 0 heterocycles. The normalized spacial score (nSPS) is 9.81. The van der Waals surface area contributed by atoms with Crippen LogP contribution in [0.3, 0.4) is 0 Å². The minimum absolute atomic E-state index is 0.342. The lowest BCUT2D eigenvalue weighted by atomic mass is 10.2. The second-order valence-corrected chi connectivity index (χ2v) is 4.92. The number of anilines is 1. The standard InChI is InChI=1S/C14H11Cl2N3O2/c15-10-4-6-12(7-5-10)17-14(21)19-18-13(20)9-2-1-3-11(16)8-9/h1-8H,(H,18,20)(H2,17,19,21). The number of hydrazine groups is 1. The summed E-state index contributed by atoms with van der Waals surface area (Å²) < 4.78 is 0. The lowest BCUT2D eigenvalue weighted by Gasteiger charge is -2.09. The molecule has 0 aliphatic heterocycles. The van der Waals surface area contributed by atoms with Gasteiger partial charge >= 0.3 is 6.03 Å². The second-order valence-electron chi connectivity index (χ2n) is 4.05. The molecule has 0 atom stereocenters. The van der Waals surface area contributed by atoms with Gasteiger partial charge in [-0.2, -0.15) is 0 Å². The lowest BCUT2D eigenvalue weighted by molar-refractivity contribution is 0.0938. The predicted octanol–water partition coefficient (Wildman–Crippen LogP) is 3.46. The number of halogens is 2. The highest BCUT2D eigenvalue weighted by atomic mass is 35.5. The molecule has 5 nitrogen and oxygen atoms in total. The summed E-state index contributed by atoms with van der Waals surface area (Å²) in [7, 11) is 0. The molecular weight excluding hydrogens is 313 g/mol. The van der Waals surface area contributed by atoms with Crippen LogP contribution in [0.25, 0.3) is 0 Å². The molecule has 0 aliphatic carbocycles. The van der Waals surface area contributed by atoms with Gasteiger partial charge in [0.2, 0.25) is 0 Å². The summed E-state index contributed by atoms with van der Waals surface area (Å²) in [6, 6.07) is 12.4. The Labute approximate surface area is 131 Å². The average Bonchev–Trinajstić information content (AvgIpc) is 2.47. The Morgan fingerprint density at radius 1 is 0.857 bits per heavy atom. The fraction of sp³-hybridized carbons (Fsp3) is 0. The highest BCUT2D eigenvalue weighted by Gasteiger charge is 2.07. The van der Waals surface area contributed by atoms with Crippen molar-refractivity contribution in [3.63, 3.8) is 0 Å². The van der Waals surface area contributed by atoms with Crippen molar-refractivity contribution in [3.05, 3.63) is 64.1 Å². The van der Waals surface area contributed by atoms with E-state index >= 15 is 0 Å². The third kappa shape index (κ3) is 4.66. The quantitative estimate of drug-likeness (QED) is 0.741. The van der Waals surface area contributed by atoms with E-state index in [0.29, 0.717) is 21.3 Å². The maximum absolute atomic E-state index is 11.8. The molecule has 2 aromatic carbocycles. The Balaban J connectivity index is 1.86. The van der Waals surface area contributed by atoms with Gasteiger partial charge in [0.25, 0.3) is 5.91 Å². The van der Waals surface area contributed by atoms with E-state index in [-0.39, 0.29) is 0 Å². The fourth-order valence-corrected chi connectivity index (χ4v) is 1.83. The summed E-state index contributed by atoms with van der Waals surface area (Å²) in [5.74, 6) is -0.469. The fourth-order valence-electron chi connectivity index (χ4n) is 1.51. The van der Waals surface area contributed by atoms with Crippen LogP contribution in [-0.4, -0.2) is 11.9 Å². The van der Waals surface area contributed by atoms with E-state index in [0.717, 1.165) is 0 Å². The molecular formula is C14H11Cl2N3O2. The van der Waals surface area contributed by atoms with Crippen LogP contribution in [0.4, 0.5) is 10.5 Å². The van der Waals surface area contributed by atoms with Crippen LogP contribution < -0.4 is 16.2 Å². The van der Waals surface area contributed by atoms with Gasteiger partial charge in [0.15, 0.2) is 0 Å². The van der Waals surface area contributed by atoms with Crippen LogP contribution in [0, 0.1) is 0 Å². The summed E-state index contributed by atoms with van der Waals surface area (Å²) >= 11 is 11.5. The second kappa shape index (κ2) is 6.97. The van der Waals surface area contributed by atoms with Crippen molar-refractivity contribution in [2.75, 3.05) is 5.32 Å². The largest absolute Gasteiger partial charge is 0.337 e. The number of benzene rings is 2. The number of carbonyl (C=O) groups is 2. The van der Waals surface area contributed by atoms with Crippen molar-refractivity contribution in [1.82, 2.24) is 10.9 Å². The first-order valence-corrected chi connectivity index (χ1v) is 6.68. The molecule has 0 saturated carbocycles. The molecule has 2 rings (SSSR count). The van der Waals surface area contributed by atoms with Crippen LogP contribution >= 0.6 is 23.2 Å². The van der Waals surface area contributed by atoms with Gasteiger partial charge in [0.05, 0.1) is 0 Å². The van der Waals surface area contributed by atoms with Crippen molar-refractivity contribution in [1.29, 1.82) is 0 Å². The van der Waals surface area contributed by atoms with Gasteiger partial charge in [-0.3, -0.25) is 10.2 Å². The smallest absolute Gasteiger partial charge is 0.307 e. The highest BCUT2D eigenvalue weighted by molar-refractivity contribution is 6.31. The van der Waals surface area contributed by atoms with E-state index in [2.05, 4.69) is 16.2 Å². The number of nitrogens with one attached hydrogen (secondary N) is 3. The van der Waals surface area contributed by atoms with Gasteiger partial charge in [-0.15, -0.1) is 0 Å². The van der Waals surface area contributed by atoms with Crippen molar-refractivity contribution in [2.24, 2.45) is 0 Å². The number of hydrogen-bond acceptors (Lipinski definition) is 2. The van der Waals surface area contributed by atoms with Crippen LogP contribution in [0.1, 0.15) is 10.4 Å². The number of urea groups is 1. The molecule has 0 aromatic heterocycles. The van der Waals surface area contributed by atoms with Gasteiger partial charge in [-0.05, 0) is 42.5 Å². The number of rotatable bonds is 2. The van der Waals surface area contributed by atoms with Gasteiger partial charge in [-0.25, -0.2) is 10.2 Å². The molecule has 0 fully saturated rings. The van der Waals surface area contributed by atoms with Crippen molar-refractivity contribution in [2.45, 2.75) is 0 Å². The van der Waals surface area contributed by atoms with Crippen LogP contribution in [-0.2, 0) is 0 Å². The Morgan fingerprint density at radius 2 is 1.57 bits per heavy atom. The highest BCUT2D eigenvalue weighted by Crippen LogP contribution is 2.13. The molecule has 0 unspecified atom stereocenters. The summed E-state index contributed by atoms with van der Waals surface area (Å²) in [4.78, 5) is 23.4. The molecule has 0 aliphatic rings. The molecule has 0 radical (unpaired) electrons. The lowest BCUT2D eigenvalue weighted by Crippen LogP contribution is -2.43. The topological polar surface area (TPSA) is 70.2 Å². The summed E-state index contributed by atoms with van der Waals surface area (Å²) in [6.07, 6.45) is 0. The average molecular weight is 324 g/mol. The van der Waals surface area contributed by atoms with E-state index in [9.17, 15) is 9.59 Å². The molecule has 0 spiro atoms. The van der Waals surface area contributed by atoms with Crippen LogP contribution in [0.5, 0.6) is 0 Å². The summed E-state index contributed by atoms with van der Waals surface area (Å²) in [6.45, 7) is 0. The van der Waals surface area contributed by atoms with Gasteiger partial charge in [0, 0.05) is 21.3 Å². The molecule has 3 N–H and O–H groups in total. The molecule has 2 aromatic rings. The maximum Gasteiger partial charge on any atom is 0.337 e. The van der Waals surface area contributed by atoms with E-state index in [4.69, 9.17) is 23.2 Å². The van der Waals surface area contributed by atoms with E-state index in [1.807, 2.05) is 0 Å². The first-order valence-electron chi connectivity index (χ1n) is 5.93. The van der Waals surface area contributed by atoms with Crippen molar-refractivity contribution < 1.29 is 9.59 Å². The number of hydrogen-bond donors (Lipinski definition) is 3. The predicted molar refractivity (Wildman–Crippen MR) is 82.5 cm³/mol. The molecule has 3 amide bonds. The first-order chi connectivity index (χ1) is 10.0. The molecule has 0 saturated heterocycles.